The Labute approximate surface area is 269 Å². The molecule has 0 fully saturated rings. The van der Waals surface area contributed by atoms with E-state index < -0.39 is 0 Å². The van der Waals surface area contributed by atoms with Crippen LogP contribution in [0.1, 0.15) is 5.56 Å². The summed E-state index contributed by atoms with van der Waals surface area (Å²) in [6.07, 6.45) is 2.13. The topological polar surface area (TPSA) is 17.8 Å². The first-order valence-corrected chi connectivity index (χ1v) is 16.2. The zero-order valence-corrected chi connectivity index (χ0v) is 26.0. The highest BCUT2D eigenvalue weighted by molar-refractivity contribution is 8.02. The normalized spacial score (nSPS) is 11.8. The number of nitrogens with zero attached hydrogens (tertiary/aromatic N) is 2. The fourth-order valence-corrected chi connectivity index (χ4v) is 6.93. The molecular weight excluding hydrogens is 607 g/mol. The van der Waals surface area contributed by atoms with Crippen LogP contribution >= 0.6 is 46.7 Å². The van der Waals surface area contributed by atoms with Crippen molar-refractivity contribution in [2.24, 2.45) is 0 Å². The van der Waals surface area contributed by atoms with Gasteiger partial charge in [0.15, 0.2) is 0 Å². The van der Waals surface area contributed by atoms with Gasteiger partial charge in [-0.3, -0.25) is 0 Å². The molecule has 0 spiro atoms. The van der Waals surface area contributed by atoms with E-state index in [2.05, 4.69) is 96.5 Å². The summed E-state index contributed by atoms with van der Waals surface area (Å²) in [6, 6.07) is 45.8. The molecule has 2 nitrogen and oxygen atoms in total. The highest BCUT2D eigenvalue weighted by Crippen LogP contribution is 2.39. The summed E-state index contributed by atoms with van der Waals surface area (Å²) < 4.78 is 2.01. The van der Waals surface area contributed by atoms with Crippen molar-refractivity contribution in [2.45, 2.75) is 14.7 Å². The van der Waals surface area contributed by atoms with Gasteiger partial charge in [0.1, 0.15) is 5.69 Å². The van der Waals surface area contributed by atoms with Gasteiger partial charge in [-0.2, -0.15) is 5.10 Å². The number of fused-ring (bicyclic) bond motifs is 2. The van der Waals surface area contributed by atoms with Gasteiger partial charge in [0.05, 0.1) is 10.6 Å². The number of aromatic nitrogens is 2. The van der Waals surface area contributed by atoms with E-state index in [1.54, 1.807) is 23.5 Å². The fourth-order valence-electron chi connectivity index (χ4n) is 4.96. The van der Waals surface area contributed by atoms with Crippen molar-refractivity contribution in [3.05, 3.63) is 161 Å². The Morgan fingerprint density at radius 2 is 1.19 bits per heavy atom. The molecule has 1 heterocycles. The van der Waals surface area contributed by atoms with E-state index in [0.717, 1.165) is 47.2 Å². The van der Waals surface area contributed by atoms with Gasteiger partial charge in [-0.15, -0.1) is 0 Å². The summed E-state index contributed by atoms with van der Waals surface area (Å²) in [4.78, 5) is 3.25. The lowest BCUT2D eigenvalue weighted by atomic mass is 10.1. The molecule has 0 bridgehead atoms. The van der Waals surface area contributed by atoms with E-state index in [1.807, 2.05) is 53.2 Å². The van der Waals surface area contributed by atoms with Gasteiger partial charge in [0, 0.05) is 42.6 Å². The van der Waals surface area contributed by atoms with E-state index in [9.17, 15) is 0 Å². The molecule has 0 unspecified atom stereocenters. The first-order chi connectivity index (χ1) is 21.1. The number of hydrogen-bond acceptors (Lipinski definition) is 3. The predicted octanol–water partition coefficient (Wildman–Crippen LogP) is 12.0. The predicted molar refractivity (Wildman–Crippen MR) is 185 cm³/mol. The molecule has 0 aliphatic carbocycles. The standard InChI is InChI=1S/C37H24Cl2N2S2/c38-31-13-17-33(18-14-31)42-24-35(29-11-9-25-5-1-3-7-27(25)21-29)41-23-36(43-34-19-15-32(39)16-20-34)37(40-41)30-12-10-26-6-2-4-8-28(26)22-30/h1-24H/b35-24+. The molecule has 1 aromatic heterocycles. The quantitative estimate of drug-likeness (QED) is 0.163. The van der Waals surface area contributed by atoms with E-state index >= 15 is 0 Å². The molecule has 0 saturated heterocycles. The Kier molecular flexibility index (Phi) is 8.01. The molecule has 0 aliphatic heterocycles. The first kappa shape index (κ1) is 27.9. The van der Waals surface area contributed by atoms with Crippen LogP contribution in [0.15, 0.2) is 160 Å². The van der Waals surface area contributed by atoms with Crippen LogP contribution in [0, 0.1) is 0 Å². The lowest BCUT2D eigenvalue weighted by molar-refractivity contribution is 0.909. The number of halogens is 2. The minimum Gasteiger partial charge on any atom is -0.238 e. The zero-order valence-electron chi connectivity index (χ0n) is 22.8. The van der Waals surface area contributed by atoms with Crippen molar-refractivity contribution in [1.29, 1.82) is 0 Å². The maximum absolute atomic E-state index is 6.20. The molecule has 6 aromatic carbocycles. The Morgan fingerprint density at radius 1 is 0.605 bits per heavy atom. The van der Waals surface area contributed by atoms with Crippen LogP contribution < -0.4 is 0 Å². The molecule has 6 heteroatoms. The van der Waals surface area contributed by atoms with Crippen molar-refractivity contribution in [3.8, 4) is 11.3 Å². The highest BCUT2D eigenvalue weighted by Gasteiger charge is 2.17. The molecule has 7 aromatic rings. The monoisotopic (exact) mass is 630 g/mol. The Hall–Kier alpha value is -3.93. The Balaban J connectivity index is 1.38. The second kappa shape index (κ2) is 12.4. The third-order valence-corrected chi connectivity index (χ3v) is 9.57. The minimum atomic E-state index is 0.718. The zero-order chi connectivity index (χ0) is 29.2. The SMILES string of the molecule is Clc1ccc(S/C=C(\c2ccc3ccccc3c2)n2cc(Sc3ccc(Cl)cc3)c(-c3ccc4ccccc4c3)n2)cc1. The van der Waals surface area contributed by atoms with Crippen LogP contribution in [-0.2, 0) is 0 Å². The lowest BCUT2D eigenvalue weighted by Crippen LogP contribution is -2.00. The molecule has 0 aliphatic rings. The number of hydrogen-bond donors (Lipinski definition) is 0. The van der Waals surface area contributed by atoms with Crippen molar-refractivity contribution >= 4 is 74.0 Å². The third kappa shape index (κ3) is 6.24. The number of rotatable bonds is 7. The molecule has 0 N–H and O–H groups in total. The van der Waals surface area contributed by atoms with Crippen molar-refractivity contribution in [3.63, 3.8) is 0 Å². The number of benzene rings is 6. The Morgan fingerprint density at radius 3 is 1.86 bits per heavy atom. The summed E-state index contributed by atoms with van der Waals surface area (Å²) >= 11 is 15.7. The molecule has 0 amide bonds. The van der Waals surface area contributed by atoms with Crippen LogP contribution in [0.3, 0.4) is 0 Å². The van der Waals surface area contributed by atoms with Crippen molar-refractivity contribution in [1.82, 2.24) is 9.78 Å². The summed E-state index contributed by atoms with van der Waals surface area (Å²) in [5.74, 6) is 0. The van der Waals surface area contributed by atoms with Gasteiger partial charge in [0.2, 0.25) is 0 Å². The average Bonchev–Trinajstić information content (AvgIpc) is 3.46. The summed E-state index contributed by atoms with van der Waals surface area (Å²) in [5.41, 5.74) is 4.05. The smallest absolute Gasteiger partial charge is 0.107 e. The summed E-state index contributed by atoms with van der Waals surface area (Å²) in [6.45, 7) is 0. The number of thioether (sulfide) groups is 1. The van der Waals surface area contributed by atoms with Gasteiger partial charge in [-0.05, 0) is 82.2 Å². The largest absolute Gasteiger partial charge is 0.238 e. The van der Waals surface area contributed by atoms with E-state index in [4.69, 9.17) is 28.3 Å². The maximum atomic E-state index is 6.20. The summed E-state index contributed by atoms with van der Waals surface area (Å²) in [5, 5.41) is 13.6. The maximum Gasteiger partial charge on any atom is 0.107 e. The second-order valence-corrected chi connectivity index (χ2v) is 13.0. The highest BCUT2D eigenvalue weighted by atomic mass is 35.5. The van der Waals surface area contributed by atoms with Crippen LogP contribution in [0.4, 0.5) is 0 Å². The van der Waals surface area contributed by atoms with E-state index in [-0.39, 0.29) is 0 Å². The van der Waals surface area contributed by atoms with Crippen LogP contribution in [-0.4, -0.2) is 9.78 Å². The average molecular weight is 632 g/mol. The molecule has 7 rings (SSSR count). The molecule has 43 heavy (non-hydrogen) atoms. The van der Waals surface area contributed by atoms with Crippen LogP contribution in [0.2, 0.25) is 10.0 Å². The van der Waals surface area contributed by atoms with E-state index in [0.29, 0.717) is 0 Å². The van der Waals surface area contributed by atoms with E-state index in [1.165, 1.54) is 21.5 Å². The van der Waals surface area contributed by atoms with Crippen LogP contribution in [0.5, 0.6) is 0 Å². The fraction of sp³-hybridized carbons (Fsp3) is 0. The van der Waals surface area contributed by atoms with Crippen LogP contribution in [0.25, 0.3) is 38.5 Å². The van der Waals surface area contributed by atoms with Gasteiger partial charge < -0.3 is 0 Å². The molecule has 0 atom stereocenters. The molecule has 208 valence electrons. The minimum absolute atomic E-state index is 0.718. The third-order valence-electron chi connectivity index (χ3n) is 7.16. The molecular formula is C37H24Cl2N2S2. The summed E-state index contributed by atoms with van der Waals surface area (Å²) in [7, 11) is 0. The van der Waals surface area contributed by atoms with Gasteiger partial charge in [-0.25, -0.2) is 4.68 Å². The molecule has 0 saturated carbocycles. The van der Waals surface area contributed by atoms with Gasteiger partial charge in [-0.1, -0.05) is 120 Å². The van der Waals surface area contributed by atoms with Crippen molar-refractivity contribution in [2.75, 3.05) is 0 Å². The lowest BCUT2D eigenvalue weighted by Gasteiger charge is -2.10. The first-order valence-electron chi connectivity index (χ1n) is 13.7. The second-order valence-electron chi connectivity index (χ2n) is 10.0. The Bertz CT molecular complexity index is 2100. The van der Waals surface area contributed by atoms with Crippen molar-refractivity contribution < 1.29 is 0 Å². The molecule has 0 radical (unpaired) electrons. The van der Waals surface area contributed by atoms with Gasteiger partial charge in [0.25, 0.3) is 0 Å². The van der Waals surface area contributed by atoms with Gasteiger partial charge >= 0.3 is 0 Å².